The van der Waals surface area contributed by atoms with Crippen molar-refractivity contribution in [3.8, 4) is 0 Å². The van der Waals surface area contributed by atoms with Crippen LogP contribution in [0.1, 0.15) is 5.56 Å². The Hall–Kier alpha value is -0.940. The average Bonchev–Trinajstić information content (AvgIpc) is 2.52. The molecule has 4 heteroatoms. The molecule has 21 heavy (non-hydrogen) atoms. The highest BCUT2D eigenvalue weighted by atomic mass is 15.3. The van der Waals surface area contributed by atoms with Gasteiger partial charge in [-0.2, -0.15) is 0 Å². The van der Waals surface area contributed by atoms with Crippen molar-refractivity contribution < 1.29 is 0 Å². The molecule has 1 aromatic rings. The number of nitrogens with two attached hydrogens (primary N) is 1. The third-order valence-electron chi connectivity index (χ3n) is 4.37. The van der Waals surface area contributed by atoms with Gasteiger partial charge in [0.25, 0.3) is 0 Å². The lowest BCUT2D eigenvalue weighted by molar-refractivity contribution is 0.0940. The molecule has 1 unspecified atom stereocenters. The topological polar surface area (TPSA) is 35.7 Å². The first-order chi connectivity index (χ1) is 10.2. The van der Waals surface area contributed by atoms with Crippen LogP contribution in [0.4, 0.5) is 0 Å². The van der Waals surface area contributed by atoms with Crippen LogP contribution < -0.4 is 5.73 Å². The first kappa shape index (κ1) is 16.4. The van der Waals surface area contributed by atoms with Crippen molar-refractivity contribution in [2.75, 3.05) is 59.9 Å². The maximum atomic E-state index is 6.02. The molecule has 2 N–H and O–H groups in total. The Bertz CT molecular complexity index is 385. The SMILES string of the molecule is CN(C)CCN1CCN(C(CN)Cc2ccccc2)CC1. The molecule has 0 bridgehead atoms. The number of hydrogen-bond donors (Lipinski definition) is 1. The molecule has 1 fully saturated rings. The van der Waals surface area contributed by atoms with Crippen LogP contribution in [0.3, 0.4) is 0 Å². The van der Waals surface area contributed by atoms with E-state index < -0.39 is 0 Å². The van der Waals surface area contributed by atoms with Crippen molar-refractivity contribution in [3.63, 3.8) is 0 Å². The van der Waals surface area contributed by atoms with E-state index in [4.69, 9.17) is 5.73 Å². The van der Waals surface area contributed by atoms with Gasteiger partial charge < -0.3 is 10.6 Å². The third-order valence-corrected chi connectivity index (χ3v) is 4.37. The van der Waals surface area contributed by atoms with Crippen LogP contribution in [0.5, 0.6) is 0 Å². The van der Waals surface area contributed by atoms with Crippen LogP contribution in [-0.2, 0) is 6.42 Å². The molecule has 1 atom stereocenters. The second kappa shape index (κ2) is 8.49. The van der Waals surface area contributed by atoms with E-state index in [-0.39, 0.29) is 0 Å². The molecule has 1 aliphatic rings. The van der Waals surface area contributed by atoms with Gasteiger partial charge in [-0.1, -0.05) is 30.3 Å². The molecule has 4 nitrogen and oxygen atoms in total. The predicted molar refractivity (Wildman–Crippen MR) is 89.6 cm³/mol. The molecule has 0 radical (unpaired) electrons. The van der Waals surface area contributed by atoms with Crippen molar-refractivity contribution in [2.24, 2.45) is 5.73 Å². The fraction of sp³-hybridized carbons (Fsp3) is 0.647. The number of piperazine rings is 1. The average molecular weight is 290 g/mol. The first-order valence-corrected chi connectivity index (χ1v) is 8.04. The van der Waals surface area contributed by atoms with Gasteiger partial charge in [0.05, 0.1) is 0 Å². The Morgan fingerprint density at radius 3 is 2.33 bits per heavy atom. The van der Waals surface area contributed by atoms with Crippen LogP contribution in [0.25, 0.3) is 0 Å². The van der Waals surface area contributed by atoms with Gasteiger partial charge in [0.15, 0.2) is 0 Å². The molecule has 118 valence electrons. The molecule has 1 saturated heterocycles. The number of benzene rings is 1. The molecule has 1 aliphatic heterocycles. The lowest BCUT2D eigenvalue weighted by atomic mass is 10.0. The van der Waals surface area contributed by atoms with Gasteiger partial charge in [-0.05, 0) is 26.1 Å². The molecule has 0 aliphatic carbocycles. The summed E-state index contributed by atoms with van der Waals surface area (Å²) in [6, 6.07) is 11.2. The van der Waals surface area contributed by atoms with Crippen LogP contribution in [0.15, 0.2) is 30.3 Å². The van der Waals surface area contributed by atoms with Gasteiger partial charge in [0, 0.05) is 51.9 Å². The Morgan fingerprint density at radius 1 is 1.10 bits per heavy atom. The number of rotatable bonds is 7. The molecule has 0 saturated carbocycles. The molecule has 1 heterocycles. The van der Waals surface area contributed by atoms with E-state index in [1.54, 1.807) is 0 Å². The van der Waals surface area contributed by atoms with E-state index in [0.717, 1.165) is 32.6 Å². The summed E-state index contributed by atoms with van der Waals surface area (Å²) in [6.07, 6.45) is 1.06. The quantitative estimate of drug-likeness (QED) is 0.803. The predicted octanol–water partition coefficient (Wildman–Crippen LogP) is 0.736. The maximum Gasteiger partial charge on any atom is 0.0259 e. The summed E-state index contributed by atoms with van der Waals surface area (Å²) < 4.78 is 0. The lowest BCUT2D eigenvalue weighted by Gasteiger charge is -2.39. The number of hydrogen-bond acceptors (Lipinski definition) is 4. The summed E-state index contributed by atoms with van der Waals surface area (Å²) in [5.41, 5.74) is 7.41. The van der Waals surface area contributed by atoms with Crippen LogP contribution in [-0.4, -0.2) is 80.7 Å². The highest BCUT2D eigenvalue weighted by Crippen LogP contribution is 2.11. The Kier molecular flexibility index (Phi) is 6.64. The third kappa shape index (κ3) is 5.40. The van der Waals surface area contributed by atoms with Gasteiger partial charge in [-0.25, -0.2) is 0 Å². The van der Waals surface area contributed by atoms with E-state index in [1.165, 1.54) is 25.2 Å². The normalized spacial score (nSPS) is 19.0. The van der Waals surface area contributed by atoms with E-state index in [9.17, 15) is 0 Å². The Morgan fingerprint density at radius 2 is 1.76 bits per heavy atom. The Labute approximate surface area is 129 Å². The van der Waals surface area contributed by atoms with Crippen molar-refractivity contribution in [1.29, 1.82) is 0 Å². The van der Waals surface area contributed by atoms with Gasteiger partial charge in [-0.15, -0.1) is 0 Å². The standard InChI is InChI=1S/C17H30N4/c1-19(2)8-9-20-10-12-21(13-11-20)17(15-18)14-16-6-4-3-5-7-16/h3-7,17H,8-15,18H2,1-2H3. The molecule has 1 aromatic carbocycles. The minimum atomic E-state index is 0.475. The van der Waals surface area contributed by atoms with Gasteiger partial charge in [0.1, 0.15) is 0 Å². The molecule has 2 rings (SSSR count). The monoisotopic (exact) mass is 290 g/mol. The Balaban J connectivity index is 1.79. The number of nitrogens with zero attached hydrogens (tertiary/aromatic N) is 3. The van der Waals surface area contributed by atoms with Crippen molar-refractivity contribution in [3.05, 3.63) is 35.9 Å². The smallest absolute Gasteiger partial charge is 0.0259 e. The summed E-state index contributed by atoms with van der Waals surface area (Å²) in [5, 5.41) is 0. The van der Waals surface area contributed by atoms with E-state index in [2.05, 4.69) is 59.1 Å². The van der Waals surface area contributed by atoms with E-state index in [1.807, 2.05) is 0 Å². The van der Waals surface area contributed by atoms with Gasteiger partial charge in [-0.3, -0.25) is 9.80 Å². The molecule has 0 spiro atoms. The summed E-state index contributed by atoms with van der Waals surface area (Å²) >= 11 is 0. The second-order valence-electron chi connectivity index (χ2n) is 6.26. The lowest BCUT2D eigenvalue weighted by Crippen LogP contribution is -2.53. The number of likely N-dealkylation sites (N-methyl/N-ethyl adjacent to an activating group) is 1. The zero-order valence-corrected chi connectivity index (χ0v) is 13.5. The maximum absolute atomic E-state index is 6.02. The fourth-order valence-corrected chi connectivity index (χ4v) is 2.94. The minimum Gasteiger partial charge on any atom is -0.329 e. The van der Waals surface area contributed by atoms with E-state index >= 15 is 0 Å². The van der Waals surface area contributed by atoms with Gasteiger partial charge >= 0.3 is 0 Å². The van der Waals surface area contributed by atoms with Crippen molar-refractivity contribution >= 4 is 0 Å². The minimum absolute atomic E-state index is 0.475. The summed E-state index contributed by atoms with van der Waals surface area (Å²) in [5.74, 6) is 0. The van der Waals surface area contributed by atoms with E-state index in [0.29, 0.717) is 6.04 Å². The van der Waals surface area contributed by atoms with Crippen LogP contribution in [0, 0.1) is 0 Å². The van der Waals surface area contributed by atoms with Crippen LogP contribution >= 0.6 is 0 Å². The second-order valence-corrected chi connectivity index (χ2v) is 6.26. The summed E-state index contributed by atoms with van der Waals surface area (Å²) in [4.78, 5) is 7.39. The highest BCUT2D eigenvalue weighted by molar-refractivity contribution is 5.16. The highest BCUT2D eigenvalue weighted by Gasteiger charge is 2.22. The molecule has 0 aromatic heterocycles. The summed E-state index contributed by atoms with van der Waals surface area (Å²) in [6.45, 7) is 7.67. The van der Waals surface area contributed by atoms with Gasteiger partial charge in [0.2, 0.25) is 0 Å². The summed E-state index contributed by atoms with van der Waals surface area (Å²) in [7, 11) is 4.28. The molecular weight excluding hydrogens is 260 g/mol. The van der Waals surface area contributed by atoms with Crippen molar-refractivity contribution in [2.45, 2.75) is 12.5 Å². The molecular formula is C17H30N4. The fourth-order valence-electron chi connectivity index (χ4n) is 2.94. The molecule has 0 amide bonds. The zero-order chi connectivity index (χ0) is 15.1. The van der Waals surface area contributed by atoms with Crippen LogP contribution in [0.2, 0.25) is 0 Å². The zero-order valence-electron chi connectivity index (χ0n) is 13.5. The van der Waals surface area contributed by atoms with Crippen molar-refractivity contribution in [1.82, 2.24) is 14.7 Å². The first-order valence-electron chi connectivity index (χ1n) is 8.04. The largest absolute Gasteiger partial charge is 0.329 e.